The zero-order chi connectivity index (χ0) is 21.2. The third kappa shape index (κ3) is 5.65. The fourth-order valence-corrected chi connectivity index (χ4v) is 5.17. The Bertz CT molecular complexity index is 659. The first-order valence-corrected chi connectivity index (χ1v) is 12.1. The standard InChI is InChI=1S/C26H38O4/c1-2-3-19-26(22-15-9-5-10-16-22,25(28)30-23-17-11-6-12-18-23)24(27)29-20-21-13-7-4-8-14-21/h4,7-8,13-14,22-23H,2-3,5-6,9-12,15-20H2,1H3. The molecule has 0 N–H and O–H groups in total. The highest BCUT2D eigenvalue weighted by Gasteiger charge is 2.54. The number of ether oxygens (including phenoxy) is 2. The quantitative estimate of drug-likeness (QED) is 0.348. The Morgan fingerprint density at radius 1 is 0.900 bits per heavy atom. The molecule has 2 aliphatic rings. The van der Waals surface area contributed by atoms with Crippen molar-refractivity contribution in [3.63, 3.8) is 0 Å². The second-order valence-electron chi connectivity index (χ2n) is 9.14. The summed E-state index contributed by atoms with van der Waals surface area (Å²) in [5.74, 6) is -0.655. The van der Waals surface area contributed by atoms with Crippen molar-refractivity contribution in [2.24, 2.45) is 11.3 Å². The summed E-state index contributed by atoms with van der Waals surface area (Å²) in [6.45, 7) is 2.31. The molecule has 2 aliphatic carbocycles. The zero-order valence-corrected chi connectivity index (χ0v) is 18.6. The Balaban J connectivity index is 1.82. The van der Waals surface area contributed by atoms with Crippen molar-refractivity contribution in [1.29, 1.82) is 0 Å². The molecule has 4 heteroatoms. The highest BCUT2D eigenvalue weighted by atomic mass is 16.6. The Kier molecular flexibility index (Phi) is 8.77. The van der Waals surface area contributed by atoms with Crippen LogP contribution < -0.4 is 0 Å². The van der Waals surface area contributed by atoms with Crippen LogP contribution in [-0.2, 0) is 25.7 Å². The molecule has 0 heterocycles. The van der Waals surface area contributed by atoms with Gasteiger partial charge in [0.1, 0.15) is 12.7 Å². The Labute approximate surface area is 181 Å². The molecule has 0 radical (unpaired) electrons. The van der Waals surface area contributed by atoms with E-state index in [1.807, 2.05) is 30.3 Å². The maximum atomic E-state index is 13.7. The highest BCUT2D eigenvalue weighted by Crippen LogP contribution is 2.45. The van der Waals surface area contributed by atoms with Crippen molar-refractivity contribution in [3.8, 4) is 0 Å². The van der Waals surface area contributed by atoms with Crippen LogP contribution in [0.15, 0.2) is 30.3 Å². The van der Waals surface area contributed by atoms with Crippen molar-refractivity contribution in [2.45, 2.75) is 103 Å². The highest BCUT2D eigenvalue weighted by molar-refractivity contribution is 6.00. The molecule has 1 atom stereocenters. The van der Waals surface area contributed by atoms with E-state index in [2.05, 4.69) is 6.92 Å². The van der Waals surface area contributed by atoms with Crippen LogP contribution in [0.4, 0.5) is 0 Å². The van der Waals surface area contributed by atoms with E-state index in [0.29, 0.717) is 6.42 Å². The number of esters is 2. The van der Waals surface area contributed by atoms with Gasteiger partial charge in [0.25, 0.3) is 0 Å². The van der Waals surface area contributed by atoms with Gasteiger partial charge < -0.3 is 9.47 Å². The van der Waals surface area contributed by atoms with Crippen LogP contribution >= 0.6 is 0 Å². The number of hydrogen-bond donors (Lipinski definition) is 0. The third-order valence-electron chi connectivity index (χ3n) is 6.99. The first-order valence-electron chi connectivity index (χ1n) is 12.1. The summed E-state index contributed by atoms with van der Waals surface area (Å²) in [5, 5.41) is 0. The van der Waals surface area contributed by atoms with Crippen LogP contribution in [0, 0.1) is 11.3 Å². The minimum atomic E-state index is -1.15. The lowest BCUT2D eigenvalue weighted by atomic mass is 9.66. The van der Waals surface area contributed by atoms with E-state index in [9.17, 15) is 9.59 Å². The van der Waals surface area contributed by atoms with Gasteiger partial charge in [-0.25, -0.2) is 0 Å². The minimum absolute atomic E-state index is 0.0252. The predicted octanol–water partition coefficient (Wildman–Crippen LogP) is 6.36. The fourth-order valence-electron chi connectivity index (χ4n) is 5.17. The number of carbonyl (C=O) groups excluding carboxylic acids is 2. The van der Waals surface area contributed by atoms with E-state index in [0.717, 1.165) is 69.8 Å². The molecule has 1 aromatic carbocycles. The normalized spacial score (nSPS) is 20.3. The molecule has 0 amide bonds. The third-order valence-corrected chi connectivity index (χ3v) is 6.99. The summed E-state index contributed by atoms with van der Waals surface area (Å²) in [4.78, 5) is 27.3. The molecule has 0 saturated heterocycles. The number of benzene rings is 1. The van der Waals surface area contributed by atoms with Crippen LogP contribution in [0.1, 0.15) is 96.0 Å². The summed E-state index contributed by atoms with van der Waals surface area (Å²) < 4.78 is 11.9. The molecular weight excluding hydrogens is 376 g/mol. The van der Waals surface area contributed by atoms with Gasteiger partial charge in [-0.2, -0.15) is 0 Å². The Morgan fingerprint density at radius 3 is 2.17 bits per heavy atom. The molecule has 1 aromatic rings. The van der Waals surface area contributed by atoms with E-state index in [1.54, 1.807) is 0 Å². The van der Waals surface area contributed by atoms with Crippen LogP contribution in [0.2, 0.25) is 0 Å². The van der Waals surface area contributed by atoms with Crippen molar-refractivity contribution < 1.29 is 19.1 Å². The minimum Gasteiger partial charge on any atom is -0.462 e. The van der Waals surface area contributed by atoms with Gasteiger partial charge in [-0.3, -0.25) is 9.59 Å². The van der Waals surface area contributed by atoms with Gasteiger partial charge in [0.2, 0.25) is 0 Å². The van der Waals surface area contributed by atoms with Gasteiger partial charge in [-0.15, -0.1) is 0 Å². The van der Waals surface area contributed by atoms with Gasteiger partial charge >= 0.3 is 11.9 Å². The van der Waals surface area contributed by atoms with Gasteiger partial charge in [0, 0.05) is 0 Å². The van der Waals surface area contributed by atoms with Crippen LogP contribution in [0.3, 0.4) is 0 Å². The summed E-state index contributed by atoms with van der Waals surface area (Å²) in [5.41, 5.74) is -0.206. The average Bonchev–Trinajstić information content (AvgIpc) is 2.80. The maximum absolute atomic E-state index is 13.7. The van der Waals surface area contributed by atoms with Crippen molar-refractivity contribution in [3.05, 3.63) is 35.9 Å². The zero-order valence-electron chi connectivity index (χ0n) is 18.6. The summed E-state index contributed by atoms with van der Waals surface area (Å²) in [7, 11) is 0. The molecule has 2 saturated carbocycles. The molecular formula is C26H38O4. The first-order chi connectivity index (χ1) is 14.7. The van der Waals surface area contributed by atoms with E-state index in [4.69, 9.17) is 9.47 Å². The lowest BCUT2D eigenvalue weighted by Gasteiger charge is -2.39. The van der Waals surface area contributed by atoms with Crippen molar-refractivity contribution >= 4 is 11.9 Å². The fraction of sp³-hybridized carbons (Fsp3) is 0.692. The maximum Gasteiger partial charge on any atom is 0.324 e. The van der Waals surface area contributed by atoms with Crippen LogP contribution in [0.5, 0.6) is 0 Å². The van der Waals surface area contributed by atoms with Crippen molar-refractivity contribution in [1.82, 2.24) is 0 Å². The first kappa shape index (κ1) is 22.8. The molecule has 1 unspecified atom stereocenters. The number of hydrogen-bond acceptors (Lipinski definition) is 4. The molecule has 3 rings (SSSR count). The van der Waals surface area contributed by atoms with Gasteiger partial charge in [-0.05, 0) is 56.4 Å². The smallest absolute Gasteiger partial charge is 0.324 e. The van der Waals surface area contributed by atoms with Gasteiger partial charge in [0.15, 0.2) is 5.41 Å². The largest absolute Gasteiger partial charge is 0.462 e. The lowest BCUT2D eigenvalue weighted by molar-refractivity contribution is -0.184. The second-order valence-corrected chi connectivity index (χ2v) is 9.14. The van der Waals surface area contributed by atoms with Gasteiger partial charge in [-0.1, -0.05) is 75.8 Å². The Morgan fingerprint density at radius 2 is 1.53 bits per heavy atom. The Hall–Kier alpha value is -1.84. The molecule has 0 spiro atoms. The van der Waals surface area contributed by atoms with Crippen LogP contribution in [-0.4, -0.2) is 18.0 Å². The predicted molar refractivity (Wildman–Crippen MR) is 118 cm³/mol. The monoisotopic (exact) mass is 414 g/mol. The summed E-state index contributed by atoms with van der Waals surface area (Å²) >= 11 is 0. The topological polar surface area (TPSA) is 52.6 Å². The van der Waals surface area contributed by atoms with E-state index < -0.39 is 5.41 Å². The molecule has 0 bridgehead atoms. The van der Waals surface area contributed by atoms with Gasteiger partial charge in [0.05, 0.1) is 0 Å². The van der Waals surface area contributed by atoms with Crippen molar-refractivity contribution in [2.75, 3.05) is 0 Å². The van der Waals surface area contributed by atoms with E-state index in [-0.39, 0.29) is 30.6 Å². The lowest BCUT2D eigenvalue weighted by Crippen LogP contribution is -2.49. The van der Waals surface area contributed by atoms with Crippen LogP contribution in [0.25, 0.3) is 0 Å². The van der Waals surface area contributed by atoms with E-state index >= 15 is 0 Å². The molecule has 166 valence electrons. The molecule has 30 heavy (non-hydrogen) atoms. The second kappa shape index (κ2) is 11.5. The molecule has 0 aliphatic heterocycles. The summed E-state index contributed by atoms with van der Waals surface area (Å²) in [6.07, 6.45) is 12.6. The molecule has 4 nitrogen and oxygen atoms in total. The molecule has 0 aromatic heterocycles. The number of unbranched alkanes of at least 4 members (excludes halogenated alkanes) is 1. The van der Waals surface area contributed by atoms with E-state index in [1.165, 1.54) is 12.8 Å². The molecule has 2 fully saturated rings. The number of rotatable bonds is 9. The SMILES string of the molecule is CCCCC(C(=O)OCc1ccccc1)(C(=O)OC1CCCCC1)C1CCCCC1. The average molecular weight is 415 g/mol. The number of carbonyl (C=O) groups is 2. The summed E-state index contributed by atoms with van der Waals surface area (Å²) in [6, 6.07) is 9.71.